The summed E-state index contributed by atoms with van der Waals surface area (Å²) in [4.78, 5) is 81.6. The number of carbonyl (C=O) groups is 5. The standard InChI is InChI=1S/C61H61N5O10/c1-39(2)51(57(70)74-4)63-60(73)65-48-32-27-40(20-17-33-64(3)38-41-18-9-5-10-19-41)36-47(48)61(59(65)72)50(56(69)62-37-49(68)42-21-11-6-12-22-42)53-58(71)76-54(44-25-15-8-16-26-44)52(43-23-13-7-14-24-43)66(53)55(61)45-28-30-46(31-29-45)75-35-34-67/h5-16,18-19,21-32,36,39,49-55,67-68H,33-35,37-38H2,1-4H3,(H,62,69)(H,63,73)/t49-,50+,51-,52+,53+,54-,55-,61+/m0/s1. The van der Waals surface area contributed by atoms with E-state index in [0.717, 1.165) is 10.5 Å². The molecule has 8 atom stereocenters. The number of ether oxygens (including phenoxy) is 3. The van der Waals surface area contributed by atoms with Crippen LogP contribution in [0.2, 0.25) is 0 Å². The SMILES string of the molecule is COC(=O)[C@@H](NC(=O)N1C(=O)[C@@]2(c3cc(C#CCN(C)Cc4ccccc4)ccc31)[C@H](c1ccc(OCCO)cc1)N1[C@H](c3ccccc3)[C@H](c3ccccc3)OC(=O)[C@H]1[C@@H]2C(=O)NC[C@H](O)c1ccccc1)C(C)C. The van der Waals surface area contributed by atoms with E-state index in [2.05, 4.69) is 27.4 Å². The van der Waals surface area contributed by atoms with Gasteiger partial charge in [-0.3, -0.25) is 24.2 Å². The predicted octanol–water partition coefficient (Wildman–Crippen LogP) is 6.96. The fourth-order valence-corrected chi connectivity index (χ4v) is 11.0. The highest BCUT2D eigenvalue weighted by Gasteiger charge is 2.75. The van der Waals surface area contributed by atoms with Gasteiger partial charge in [0.15, 0.2) is 0 Å². The summed E-state index contributed by atoms with van der Waals surface area (Å²) in [5, 5.41) is 26.9. The third-order valence-electron chi connectivity index (χ3n) is 14.4. The minimum atomic E-state index is -2.16. The molecule has 4 amide bonds. The molecule has 390 valence electrons. The number of cyclic esters (lactones) is 1. The second-order valence-corrected chi connectivity index (χ2v) is 19.6. The van der Waals surface area contributed by atoms with Crippen molar-refractivity contribution in [2.45, 2.75) is 62.2 Å². The average Bonchev–Trinajstić information content (AvgIpc) is 3.91. The van der Waals surface area contributed by atoms with Gasteiger partial charge in [0, 0.05) is 18.7 Å². The maximum Gasteiger partial charge on any atom is 0.329 e. The summed E-state index contributed by atoms with van der Waals surface area (Å²) in [5.41, 5.74) is 2.06. The van der Waals surface area contributed by atoms with Crippen molar-refractivity contribution in [3.8, 4) is 17.6 Å². The Hall–Kier alpha value is -8.13. The van der Waals surface area contributed by atoms with Crippen molar-refractivity contribution < 1.29 is 48.4 Å². The smallest absolute Gasteiger partial charge is 0.329 e. The zero-order valence-corrected chi connectivity index (χ0v) is 42.7. The van der Waals surface area contributed by atoms with Gasteiger partial charge in [-0.1, -0.05) is 159 Å². The summed E-state index contributed by atoms with van der Waals surface area (Å²) in [7, 11) is 3.16. The number of hydrogen-bond acceptors (Lipinski definition) is 12. The average molecular weight is 1020 g/mol. The zero-order chi connectivity index (χ0) is 53.5. The zero-order valence-electron chi connectivity index (χ0n) is 42.7. The summed E-state index contributed by atoms with van der Waals surface area (Å²) in [6, 6.07) is 43.5. The quantitative estimate of drug-likeness (QED) is 0.0578. The van der Waals surface area contributed by atoms with Gasteiger partial charge in [-0.15, -0.1) is 0 Å². The molecule has 0 unspecified atom stereocenters. The van der Waals surface area contributed by atoms with Crippen molar-refractivity contribution in [2.24, 2.45) is 11.8 Å². The van der Waals surface area contributed by atoms with Gasteiger partial charge < -0.3 is 35.1 Å². The number of nitrogens with one attached hydrogen (secondary N) is 2. The van der Waals surface area contributed by atoms with Gasteiger partial charge in [0.05, 0.1) is 50.1 Å². The fourth-order valence-electron chi connectivity index (χ4n) is 11.0. The van der Waals surface area contributed by atoms with Gasteiger partial charge in [-0.25, -0.2) is 14.5 Å². The predicted molar refractivity (Wildman–Crippen MR) is 284 cm³/mol. The molecule has 15 heteroatoms. The lowest BCUT2D eigenvalue weighted by molar-refractivity contribution is -0.178. The molecule has 15 nitrogen and oxygen atoms in total. The Labute approximate surface area is 442 Å². The van der Waals surface area contributed by atoms with Crippen molar-refractivity contribution in [1.82, 2.24) is 20.4 Å². The van der Waals surface area contributed by atoms with E-state index < -0.39 is 83.4 Å². The van der Waals surface area contributed by atoms with Crippen molar-refractivity contribution in [3.63, 3.8) is 0 Å². The first kappa shape index (κ1) is 52.7. The molecule has 2 fully saturated rings. The van der Waals surface area contributed by atoms with E-state index in [0.29, 0.717) is 46.7 Å². The number of aliphatic hydroxyl groups is 2. The second kappa shape index (κ2) is 23.2. The van der Waals surface area contributed by atoms with Gasteiger partial charge in [0.1, 0.15) is 36.0 Å². The molecule has 3 heterocycles. The first-order valence-corrected chi connectivity index (χ1v) is 25.4. The van der Waals surface area contributed by atoms with Crippen LogP contribution in [-0.4, -0.2) is 102 Å². The number of nitrogens with zero attached hydrogens (tertiary/aromatic N) is 3. The third kappa shape index (κ3) is 10.3. The van der Waals surface area contributed by atoms with Crippen LogP contribution in [0.4, 0.5) is 10.5 Å². The first-order chi connectivity index (χ1) is 36.9. The van der Waals surface area contributed by atoms with Crippen LogP contribution in [0.1, 0.15) is 77.1 Å². The summed E-state index contributed by atoms with van der Waals surface area (Å²) < 4.78 is 17.5. The highest BCUT2D eigenvalue weighted by atomic mass is 16.6. The van der Waals surface area contributed by atoms with E-state index in [-0.39, 0.29) is 31.0 Å². The summed E-state index contributed by atoms with van der Waals surface area (Å²) >= 11 is 0. The Morgan fingerprint density at radius 3 is 2.07 bits per heavy atom. The van der Waals surface area contributed by atoms with Crippen molar-refractivity contribution in [2.75, 3.05) is 45.4 Å². The largest absolute Gasteiger partial charge is 0.491 e. The van der Waals surface area contributed by atoms with E-state index in [4.69, 9.17) is 14.2 Å². The molecular formula is C61H61N5O10. The Morgan fingerprint density at radius 1 is 0.803 bits per heavy atom. The molecule has 6 aromatic rings. The lowest BCUT2D eigenvalue weighted by Gasteiger charge is -2.46. The molecule has 6 aromatic carbocycles. The Kier molecular flexibility index (Phi) is 16.1. The molecule has 2 saturated heterocycles. The number of urea groups is 1. The molecule has 0 radical (unpaired) electrons. The van der Waals surface area contributed by atoms with Crippen LogP contribution in [0.25, 0.3) is 0 Å². The summed E-state index contributed by atoms with van der Waals surface area (Å²) in [6.07, 6.45) is -2.17. The number of aliphatic hydroxyl groups excluding tert-OH is 2. The van der Waals surface area contributed by atoms with E-state index in [9.17, 15) is 15.0 Å². The van der Waals surface area contributed by atoms with Crippen LogP contribution in [0.15, 0.2) is 164 Å². The maximum absolute atomic E-state index is 16.8. The number of hydrogen-bond donors (Lipinski definition) is 4. The number of anilines is 1. The van der Waals surface area contributed by atoms with Gasteiger partial charge in [-0.05, 0) is 76.7 Å². The van der Waals surface area contributed by atoms with Crippen LogP contribution >= 0.6 is 0 Å². The summed E-state index contributed by atoms with van der Waals surface area (Å²) in [5.74, 6) is 1.66. The Bertz CT molecular complexity index is 3100. The van der Waals surface area contributed by atoms with Gasteiger partial charge in [-0.2, -0.15) is 0 Å². The van der Waals surface area contributed by atoms with E-state index >= 15 is 19.2 Å². The van der Waals surface area contributed by atoms with Gasteiger partial charge >= 0.3 is 18.0 Å². The number of amides is 4. The Morgan fingerprint density at radius 2 is 1.43 bits per heavy atom. The van der Waals surface area contributed by atoms with Crippen molar-refractivity contribution in [1.29, 1.82) is 0 Å². The molecular weight excluding hydrogens is 963 g/mol. The molecule has 1 spiro atoms. The maximum atomic E-state index is 16.8. The van der Waals surface area contributed by atoms with Crippen LogP contribution < -0.4 is 20.3 Å². The minimum absolute atomic E-state index is 0.00338. The van der Waals surface area contributed by atoms with Crippen molar-refractivity contribution in [3.05, 3.63) is 203 Å². The number of fused-ring (bicyclic) bond motifs is 3. The van der Waals surface area contributed by atoms with Gasteiger partial charge in [0.25, 0.3) is 0 Å². The molecule has 0 saturated carbocycles. The topological polar surface area (TPSA) is 187 Å². The van der Waals surface area contributed by atoms with E-state index in [1.54, 1.807) is 86.6 Å². The van der Waals surface area contributed by atoms with Crippen molar-refractivity contribution >= 4 is 35.5 Å². The molecule has 76 heavy (non-hydrogen) atoms. The van der Waals surface area contributed by atoms with Crippen LogP contribution in [0, 0.1) is 23.7 Å². The van der Waals surface area contributed by atoms with E-state index in [1.807, 2.05) is 103 Å². The number of carbonyl (C=O) groups excluding carboxylic acids is 5. The number of benzene rings is 6. The fraction of sp³-hybridized carbons (Fsp3) is 0.295. The monoisotopic (exact) mass is 1020 g/mol. The lowest BCUT2D eigenvalue weighted by atomic mass is 9.65. The molecule has 0 bridgehead atoms. The minimum Gasteiger partial charge on any atom is -0.491 e. The number of morpholine rings is 1. The first-order valence-electron chi connectivity index (χ1n) is 25.4. The Balaban J connectivity index is 1.30. The highest BCUT2D eigenvalue weighted by Crippen LogP contribution is 2.66. The molecule has 0 aliphatic carbocycles. The molecule has 4 N–H and O–H groups in total. The normalized spacial score (nSPS) is 21.5. The number of imide groups is 1. The van der Waals surface area contributed by atoms with Gasteiger partial charge in [0.2, 0.25) is 11.8 Å². The molecule has 3 aliphatic rings. The van der Waals surface area contributed by atoms with Crippen LogP contribution in [0.5, 0.6) is 5.75 Å². The van der Waals surface area contributed by atoms with E-state index in [1.165, 1.54) is 7.11 Å². The second-order valence-electron chi connectivity index (χ2n) is 19.6. The molecule has 0 aromatic heterocycles. The number of methoxy groups -OCH3 is 1. The molecule has 9 rings (SSSR count). The number of rotatable bonds is 16. The lowest BCUT2D eigenvalue weighted by Crippen LogP contribution is -2.58. The summed E-state index contributed by atoms with van der Waals surface area (Å²) in [6.45, 7) is 3.90. The van der Waals surface area contributed by atoms with Crippen LogP contribution in [0.3, 0.4) is 0 Å². The molecule has 3 aliphatic heterocycles. The number of esters is 2. The third-order valence-corrected chi connectivity index (χ3v) is 14.4. The van der Waals surface area contributed by atoms with Crippen LogP contribution in [-0.2, 0) is 40.6 Å². The highest BCUT2D eigenvalue weighted by molar-refractivity contribution is 6.25.